The average Bonchev–Trinajstić information content (AvgIpc) is 2.87. The maximum Gasteiger partial charge on any atom is 0.417 e. The number of piperidine rings is 1. The van der Waals surface area contributed by atoms with E-state index in [1.807, 2.05) is 4.90 Å². The number of carbonyl (C=O) groups is 1. The number of rotatable bonds is 6. The molecule has 1 N–H and O–H groups in total. The number of carboxylic acid groups (broad SMARTS) is 1. The van der Waals surface area contributed by atoms with Crippen LogP contribution in [0.2, 0.25) is 0 Å². The molecule has 0 bridgehead atoms. The first kappa shape index (κ1) is 25.0. The molecule has 3 aromatic rings. The number of nitrogens with zero attached hydrogens (tertiary/aromatic N) is 4. The summed E-state index contributed by atoms with van der Waals surface area (Å²) in [6.07, 6.45) is -0.619. The number of aromatic nitrogens is 1. The zero-order valence-electron chi connectivity index (χ0n) is 19.1. The third-order valence-corrected chi connectivity index (χ3v) is 6.16. The lowest BCUT2D eigenvalue weighted by Gasteiger charge is -2.29. The summed E-state index contributed by atoms with van der Waals surface area (Å²) < 4.78 is 42.6. The zero-order valence-corrected chi connectivity index (χ0v) is 19.1. The van der Waals surface area contributed by atoms with Crippen molar-refractivity contribution in [3.05, 3.63) is 82.2 Å². The van der Waals surface area contributed by atoms with Gasteiger partial charge in [-0.3, -0.25) is 20.0 Å². The second kappa shape index (κ2) is 10.2. The minimum Gasteiger partial charge on any atom is -0.465 e. The topological polar surface area (TPSA) is 99.8 Å². The molecule has 0 aliphatic carbocycles. The minimum atomic E-state index is -4.83. The van der Waals surface area contributed by atoms with Crippen LogP contribution in [0.1, 0.15) is 30.4 Å². The first-order valence-electron chi connectivity index (χ1n) is 11.3. The van der Waals surface area contributed by atoms with E-state index in [0.717, 1.165) is 30.2 Å². The number of halogens is 3. The summed E-state index contributed by atoms with van der Waals surface area (Å²) in [6.45, 7) is 0.934. The Kier molecular flexibility index (Phi) is 7.09. The van der Waals surface area contributed by atoms with Gasteiger partial charge in [-0.2, -0.15) is 13.2 Å². The summed E-state index contributed by atoms with van der Waals surface area (Å²) in [4.78, 5) is 29.9. The molecule has 1 aliphatic rings. The molecule has 11 heteroatoms. The fourth-order valence-corrected chi connectivity index (χ4v) is 4.48. The van der Waals surface area contributed by atoms with E-state index in [1.165, 1.54) is 48.8 Å². The van der Waals surface area contributed by atoms with Gasteiger partial charge in [-0.05, 0) is 55.2 Å². The van der Waals surface area contributed by atoms with Crippen LogP contribution in [0.4, 0.5) is 35.0 Å². The van der Waals surface area contributed by atoms with Crippen molar-refractivity contribution < 1.29 is 28.0 Å². The smallest absolute Gasteiger partial charge is 0.417 e. The standard InChI is InChI=1S/C25H23F3N4O4/c26-25(27,28)21-6-4-5-17(16-31(24(33)34)18-9-11-29-12-10-18)23(21)20-15-19(7-8-22(20)32(35)36)30-13-2-1-3-14-30/h4-12,15H,1-3,13-14,16H2,(H,33,34). The highest BCUT2D eigenvalue weighted by Gasteiger charge is 2.37. The van der Waals surface area contributed by atoms with Crippen molar-refractivity contribution in [3.8, 4) is 11.1 Å². The molecule has 1 fully saturated rings. The molecule has 1 saturated heterocycles. The molecule has 1 aliphatic heterocycles. The molecule has 0 atom stereocenters. The number of benzene rings is 2. The van der Waals surface area contributed by atoms with Crippen LogP contribution < -0.4 is 9.80 Å². The van der Waals surface area contributed by atoms with Crippen molar-refractivity contribution in [2.75, 3.05) is 22.9 Å². The molecule has 8 nitrogen and oxygen atoms in total. The molecule has 36 heavy (non-hydrogen) atoms. The fraction of sp³-hybridized carbons (Fsp3) is 0.280. The van der Waals surface area contributed by atoms with Crippen molar-refractivity contribution in [2.24, 2.45) is 0 Å². The largest absolute Gasteiger partial charge is 0.465 e. The molecule has 0 radical (unpaired) electrons. The summed E-state index contributed by atoms with van der Waals surface area (Å²) in [5.74, 6) is 0. The highest BCUT2D eigenvalue weighted by Crippen LogP contribution is 2.44. The lowest BCUT2D eigenvalue weighted by molar-refractivity contribution is -0.384. The van der Waals surface area contributed by atoms with Gasteiger partial charge in [0.25, 0.3) is 5.69 Å². The van der Waals surface area contributed by atoms with Crippen molar-refractivity contribution in [3.63, 3.8) is 0 Å². The monoisotopic (exact) mass is 500 g/mol. The first-order valence-corrected chi connectivity index (χ1v) is 11.3. The highest BCUT2D eigenvalue weighted by atomic mass is 19.4. The summed E-state index contributed by atoms with van der Waals surface area (Å²) in [6, 6.07) is 10.4. The van der Waals surface area contributed by atoms with Gasteiger partial charge in [0.15, 0.2) is 0 Å². The SMILES string of the molecule is O=C(O)N(Cc1cccc(C(F)(F)F)c1-c1cc(N2CCCCC2)ccc1[N+](=O)[O-])c1ccncc1. The maximum absolute atomic E-state index is 14.2. The van der Waals surface area contributed by atoms with E-state index < -0.39 is 40.6 Å². The molecule has 0 saturated carbocycles. The van der Waals surface area contributed by atoms with E-state index in [-0.39, 0.29) is 16.8 Å². The molecule has 1 aromatic heterocycles. The van der Waals surface area contributed by atoms with E-state index in [4.69, 9.17) is 0 Å². The molecule has 0 spiro atoms. The van der Waals surface area contributed by atoms with Crippen molar-refractivity contribution in [1.29, 1.82) is 0 Å². The van der Waals surface area contributed by atoms with Crippen molar-refractivity contribution >= 4 is 23.2 Å². The Morgan fingerprint density at radius 1 is 1.08 bits per heavy atom. The van der Waals surface area contributed by atoms with E-state index in [2.05, 4.69) is 4.98 Å². The van der Waals surface area contributed by atoms with Crippen LogP contribution in [-0.2, 0) is 12.7 Å². The molecule has 188 valence electrons. The Labute approximate surface area is 204 Å². The van der Waals surface area contributed by atoms with E-state index in [0.29, 0.717) is 18.8 Å². The number of amides is 1. The fourth-order valence-electron chi connectivity index (χ4n) is 4.48. The number of alkyl halides is 3. The summed E-state index contributed by atoms with van der Waals surface area (Å²) in [5, 5.41) is 21.7. The van der Waals surface area contributed by atoms with Gasteiger partial charge in [0, 0.05) is 42.8 Å². The van der Waals surface area contributed by atoms with Gasteiger partial charge >= 0.3 is 12.3 Å². The number of nitro benzene ring substituents is 1. The summed E-state index contributed by atoms with van der Waals surface area (Å²) in [7, 11) is 0. The second-order valence-corrected chi connectivity index (χ2v) is 8.42. The quantitative estimate of drug-likeness (QED) is 0.313. The van der Waals surface area contributed by atoms with Gasteiger partial charge in [-0.25, -0.2) is 4.79 Å². The Hall–Kier alpha value is -4.15. The Balaban J connectivity index is 1.92. The van der Waals surface area contributed by atoms with Crippen molar-refractivity contribution in [1.82, 2.24) is 4.98 Å². The number of anilines is 2. The van der Waals surface area contributed by atoms with E-state index >= 15 is 0 Å². The Morgan fingerprint density at radius 2 is 1.78 bits per heavy atom. The molecule has 2 heterocycles. The van der Waals surface area contributed by atoms with Crippen LogP contribution in [0.5, 0.6) is 0 Å². The van der Waals surface area contributed by atoms with E-state index in [9.17, 15) is 33.2 Å². The lowest BCUT2D eigenvalue weighted by atomic mass is 9.91. The molecular formula is C25H23F3N4O4. The third kappa shape index (κ3) is 5.24. The van der Waals surface area contributed by atoms with E-state index in [1.54, 1.807) is 6.07 Å². The van der Waals surface area contributed by atoms with Gasteiger partial charge in [-0.15, -0.1) is 0 Å². The summed E-state index contributed by atoms with van der Waals surface area (Å²) in [5.41, 5.74) is -1.39. The number of hydrogen-bond donors (Lipinski definition) is 1. The maximum atomic E-state index is 14.2. The Bertz CT molecular complexity index is 1260. The first-order chi connectivity index (χ1) is 17.2. The number of pyridine rings is 1. The normalized spacial score (nSPS) is 13.9. The highest BCUT2D eigenvalue weighted by molar-refractivity contribution is 5.88. The second-order valence-electron chi connectivity index (χ2n) is 8.42. The van der Waals surface area contributed by atoms with Gasteiger partial charge in [0.05, 0.1) is 28.3 Å². The Morgan fingerprint density at radius 3 is 2.39 bits per heavy atom. The van der Waals surface area contributed by atoms with Gasteiger partial charge in [0.2, 0.25) is 0 Å². The van der Waals surface area contributed by atoms with Crippen LogP contribution in [0, 0.1) is 10.1 Å². The van der Waals surface area contributed by atoms with Crippen LogP contribution in [0.25, 0.3) is 11.1 Å². The van der Waals surface area contributed by atoms with Gasteiger partial charge in [-0.1, -0.05) is 12.1 Å². The minimum absolute atomic E-state index is 0.0112. The van der Waals surface area contributed by atoms with Crippen LogP contribution in [0.15, 0.2) is 60.9 Å². The predicted octanol–water partition coefficient (Wildman–Crippen LogP) is 6.35. The van der Waals surface area contributed by atoms with Gasteiger partial charge in [0.1, 0.15) is 0 Å². The molecule has 1 amide bonds. The van der Waals surface area contributed by atoms with Crippen LogP contribution in [0.3, 0.4) is 0 Å². The van der Waals surface area contributed by atoms with Crippen molar-refractivity contribution in [2.45, 2.75) is 32.0 Å². The molecule has 0 unspecified atom stereocenters. The predicted molar refractivity (Wildman–Crippen MR) is 128 cm³/mol. The van der Waals surface area contributed by atoms with Crippen LogP contribution in [-0.4, -0.2) is 34.2 Å². The molecule has 2 aromatic carbocycles. The average molecular weight is 500 g/mol. The van der Waals surface area contributed by atoms with Crippen LogP contribution >= 0.6 is 0 Å². The molecular weight excluding hydrogens is 477 g/mol. The zero-order chi connectivity index (χ0) is 25.9. The lowest BCUT2D eigenvalue weighted by Crippen LogP contribution is -2.29. The number of nitro groups is 1. The number of hydrogen-bond acceptors (Lipinski definition) is 5. The van der Waals surface area contributed by atoms with Gasteiger partial charge < -0.3 is 10.0 Å². The molecule has 4 rings (SSSR count). The summed E-state index contributed by atoms with van der Waals surface area (Å²) >= 11 is 0. The third-order valence-electron chi connectivity index (χ3n) is 6.16.